The van der Waals surface area contributed by atoms with E-state index in [0.29, 0.717) is 13.1 Å². The molecule has 0 radical (unpaired) electrons. The third-order valence-corrected chi connectivity index (χ3v) is 1.67. The number of rotatable bonds is 5. The molecule has 0 aromatic carbocycles. The molecule has 1 amide bonds. The Kier molecular flexibility index (Phi) is 4.20. The minimum atomic E-state index is -0.547. The molecule has 72 valence electrons. The van der Waals surface area contributed by atoms with Crippen LogP contribution in [0, 0.1) is 5.41 Å². The van der Waals surface area contributed by atoms with Crippen molar-refractivity contribution in [1.82, 2.24) is 5.32 Å². The van der Waals surface area contributed by atoms with Crippen LogP contribution >= 0.6 is 0 Å². The SMILES string of the molecule is C[C@@H](O)CNCC(C)(C)C(N)=O. The van der Waals surface area contributed by atoms with Gasteiger partial charge in [0.15, 0.2) is 0 Å². The van der Waals surface area contributed by atoms with E-state index in [-0.39, 0.29) is 5.91 Å². The van der Waals surface area contributed by atoms with Gasteiger partial charge in [-0.05, 0) is 20.8 Å². The van der Waals surface area contributed by atoms with Crippen LogP contribution in [-0.2, 0) is 4.79 Å². The Labute approximate surface area is 73.1 Å². The van der Waals surface area contributed by atoms with Gasteiger partial charge < -0.3 is 16.2 Å². The summed E-state index contributed by atoms with van der Waals surface area (Å²) < 4.78 is 0. The van der Waals surface area contributed by atoms with Gasteiger partial charge >= 0.3 is 0 Å². The van der Waals surface area contributed by atoms with Crippen molar-refractivity contribution in [2.75, 3.05) is 13.1 Å². The first-order valence-electron chi connectivity index (χ1n) is 4.05. The van der Waals surface area contributed by atoms with E-state index in [1.165, 1.54) is 0 Å². The maximum absolute atomic E-state index is 10.8. The average molecular weight is 174 g/mol. The smallest absolute Gasteiger partial charge is 0.224 e. The summed E-state index contributed by atoms with van der Waals surface area (Å²) in [6, 6.07) is 0. The Balaban J connectivity index is 3.69. The van der Waals surface area contributed by atoms with Gasteiger partial charge in [0.1, 0.15) is 0 Å². The number of hydrogen-bond donors (Lipinski definition) is 3. The lowest BCUT2D eigenvalue weighted by Gasteiger charge is -2.21. The van der Waals surface area contributed by atoms with Gasteiger partial charge in [-0.2, -0.15) is 0 Å². The highest BCUT2D eigenvalue weighted by Crippen LogP contribution is 2.11. The van der Waals surface area contributed by atoms with Crippen molar-refractivity contribution < 1.29 is 9.90 Å². The van der Waals surface area contributed by atoms with Gasteiger partial charge in [-0.25, -0.2) is 0 Å². The molecule has 0 aromatic rings. The molecule has 0 fully saturated rings. The van der Waals surface area contributed by atoms with Crippen LogP contribution in [-0.4, -0.2) is 30.2 Å². The van der Waals surface area contributed by atoms with Crippen molar-refractivity contribution in [2.24, 2.45) is 11.1 Å². The molecular formula is C8H18N2O2. The van der Waals surface area contributed by atoms with Gasteiger partial charge in [-0.3, -0.25) is 4.79 Å². The summed E-state index contributed by atoms with van der Waals surface area (Å²) >= 11 is 0. The average Bonchev–Trinajstić information content (AvgIpc) is 1.85. The van der Waals surface area contributed by atoms with Gasteiger partial charge in [0.05, 0.1) is 11.5 Å². The second-order valence-corrected chi connectivity index (χ2v) is 3.73. The number of nitrogens with two attached hydrogens (primary N) is 1. The highest BCUT2D eigenvalue weighted by Gasteiger charge is 2.23. The maximum atomic E-state index is 10.8. The molecule has 0 rings (SSSR count). The molecule has 0 aliphatic carbocycles. The fraction of sp³-hybridized carbons (Fsp3) is 0.875. The lowest BCUT2D eigenvalue weighted by atomic mass is 9.93. The predicted molar refractivity (Wildman–Crippen MR) is 47.5 cm³/mol. The van der Waals surface area contributed by atoms with Gasteiger partial charge in [-0.15, -0.1) is 0 Å². The number of aliphatic hydroxyl groups is 1. The van der Waals surface area contributed by atoms with Gasteiger partial charge in [0.25, 0.3) is 0 Å². The van der Waals surface area contributed by atoms with E-state index in [0.717, 1.165) is 0 Å². The molecule has 0 spiro atoms. The summed E-state index contributed by atoms with van der Waals surface area (Å²) in [6.45, 7) is 6.20. The molecule has 0 aliphatic heterocycles. The minimum Gasteiger partial charge on any atom is -0.392 e. The summed E-state index contributed by atoms with van der Waals surface area (Å²) in [6.07, 6.45) is -0.395. The zero-order valence-corrected chi connectivity index (χ0v) is 7.92. The summed E-state index contributed by atoms with van der Waals surface area (Å²) in [5.41, 5.74) is 4.60. The van der Waals surface area contributed by atoms with Gasteiger partial charge in [0.2, 0.25) is 5.91 Å². The summed E-state index contributed by atoms with van der Waals surface area (Å²) in [5, 5.41) is 11.9. The molecule has 0 unspecified atom stereocenters. The monoisotopic (exact) mass is 174 g/mol. The molecule has 0 aromatic heterocycles. The Morgan fingerprint density at radius 1 is 1.67 bits per heavy atom. The predicted octanol–water partition coefficient (Wildman–Crippen LogP) is -0.532. The summed E-state index contributed by atoms with van der Waals surface area (Å²) in [4.78, 5) is 10.8. The largest absolute Gasteiger partial charge is 0.392 e. The van der Waals surface area contributed by atoms with Crippen LogP contribution in [0.5, 0.6) is 0 Å². The zero-order valence-electron chi connectivity index (χ0n) is 7.92. The van der Waals surface area contributed by atoms with E-state index < -0.39 is 11.5 Å². The molecule has 12 heavy (non-hydrogen) atoms. The molecule has 0 saturated heterocycles. The Morgan fingerprint density at radius 2 is 2.17 bits per heavy atom. The second kappa shape index (κ2) is 4.42. The normalized spacial score (nSPS) is 14.3. The molecule has 4 nitrogen and oxygen atoms in total. The van der Waals surface area contributed by atoms with Crippen LogP contribution in [0.25, 0.3) is 0 Å². The van der Waals surface area contributed by atoms with E-state index >= 15 is 0 Å². The third-order valence-electron chi connectivity index (χ3n) is 1.67. The highest BCUT2D eigenvalue weighted by molar-refractivity contribution is 5.80. The Bertz CT molecular complexity index is 155. The van der Waals surface area contributed by atoms with E-state index in [1.54, 1.807) is 20.8 Å². The topological polar surface area (TPSA) is 75.3 Å². The summed E-state index contributed by atoms with van der Waals surface area (Å²) in [5.74, 6) is -0.333. The number of nitrogens with one attached hydrogen (secondary N) is 1. The van der Waals surface area contributed by atoms with Crippen molar-refractivity contribution >= 4 is 5.91 Å². The van der Waals surface area contributed by atoms with Crippen LogP contribution in [0.2, 0.25) is 0 Å². The van der Waals surface area contributed by atoms with Crippen molar-refractivity contribution in [3.8, 4) is 0 Å². The zero-order chi connectivity index (χ0) is 9.78. The quantitative estimate of drug-likeness (QED) is 0.524. The fourth-order valence-corrected chi connectivity index (χ4v) is 0.681. The van der Waals surface area contributed by atoms with Gasteiger partial charge in [-0.1, -0.05) is 0 Å². The number of carbonyl (C=O) groups excluding carboxylic acids is 1. The molecule has 0 saturated carbocycles. The maximum Gasteiger partial charge on any atom is 0.224 e. The lowest BCUT2D eigenvalue weighted by Crippen LogP contribution is -2.42. The first-order valence-corrected chi connectivity index (χ1v) is 4.05. The fourth-order valence-electron chi connectivity index (χ4n) is 0.681. The van der Waals surface area contributed by atoms with Crippen LogP contribution in [0.15, 0.2) is 0 Å². The number of carbonyl (C=O) groups is 1. The number of primary amides is 1. The molecule has 4 N–H and O–H groups in total. The first-order chi connectivity index (χ1) is 5.36. The Hall–Kier alpha value is -0.610. The van der Waals surface area contributed by atoms with Crippen molar-refractivity contribution in [2.45, 2.75) is 26.9 Å². The molecule has 4 heteroatoms. The number of hydrogen-bond acceptors (Lipinski definition) is 3. The van der Waals surface area contributed by atoms with Crippen molar-refractivity contribution in [3.05, 3.63) is 0 Å². The third kappa shape index (κ3) is 4.31. The van der Waals surface area contributed by atoms with Crippen molar-refractivity contribution in [1.29, 1.82) is 0 Å². The molecular weight excluding hydrogens is 156 g/mol. The molecule has 1 atom stereocenters. The molecule has 0 heterocycles. The van der Waals surface area contributed by atoms with Crippen LogP contribution in [0.1, 0.15) is 20.8 Å². The van der Waals surface area contributed by atoms with Crippen LogP contribution in [0.4, 0.5) is 0 Å². The summed E-state index contributed by atoms with van der Waals surface area (Å²) in [7, 11) is 0. The molecule has 0 aliphatic rings. The van der Waals surface area contributed by atoms with Crippen LogP contribution in [0.3, 0.4) is 0 Å². The number of aliphatic hydroxyl groups excluding tert-OH is 1. The van der Waals surface area contributed by atoms with Gasteiger partial charge in [0, 0.05) is 13.1 Å². The lowest BCUT2D eigenvalue weighted by molar-refractivity contribution is -0.125. The van der Waals surface area contributed by atoms with E-state index in [4.69, 9.17) is 10.8 Å². The highest BCUT2D eigenvalue weighted by atomic mass is 16.3. The minimum absolute atomic E-state index is 0.333. The van der Waals surface area contributed by atoms with Crippen LogP contribution < -0.4 is 11.1 Å². The van der Waals surface area contributed by atoms with E-state index in [9.17, 15) is 4.79 Å². The molecule has 0 bridgehead atoms. The van der Waals surface area contributed by atoms with Crippen molar-refractivity contribution in [3.63, 3.8) is 0 Å². The number of amides is 1. The first kappa shape index (κ1) is 11.4. The van der Waals surface area contributed by atoms with E-state index in [2.05, 4.69) is 5.32 Å². The Morgan fingerprint density at radius 3 is 2.50 bits per heavy atom. The second-order valence-electron chi connectivity index (χ2n) is 3.73. The van der Waals surface area contributed by atoms with E-state index in [1.807, 2.05) is 0 Å². The standard InChI is InChI=1S/C8H18N2O2/c1-6(11)4-10-5-8(2,3)7(9)12/h6,10-11H,4-5H2,1-3H3,(H2,9,12)/t6-/m1/s1.